The molecular weight excluding hydrogens is 413 g/mol. The van der Waals surface area contributed by atoms with Crippen LogP contribution < -0.4 is 0 Å². The second-order valence-electron chi connectivity index (χ2n) is 7.60. The summed E-state index contributed by atoms with van der Waals surface area (Å²) in [5.41, 5.74) is 5.79. The van der Waals surface area contributed by atoms with Crippen molar-refractivity contribution in [1.82, 2.24) is 14.9 Å². The molecule has 2 aliphatic rings. The van der Waals surface area contributed by atoms with Gasteiger partial charge in [-0.1, -0.05) is 53.0 Å². The molecule has 3 nitrogen and oxygen atoms in total. The molecule has 6 heteroatoms. The van der Waals surface area contributed by atoms with Crippen LogP contribution in [0.5, 0.6) is 0 Å². The van der Waals surface area contributed by atoms with Crippen molar-refractivity contribution < 1.29 is 0 Å². The lowest BCUT2D eigenvalue weighted by molar-refractivity contribution is 0.160. The summed E-state index contributed by atoms with van der Waals surface area (Å²) in [6, 6.07) is 12.3. The molecule has 1 N–H and O–H groups in total. The first-order chi connectivity index (χ1) is 13.6. The first-order valence-corrected chi connectivity index (χ1v) is 10.8. The molecule has 0 radical (unpaired) electrons. The van der Waals surface area contributed by atoms with Gasteiger partial charge in [0.05, 0.1) is 27.0 Å². The van der Waals surface area contributed by atoms with Gasteiger partial charge in [-0.15, -0.1) is 0 Å². The summed E-state index contributed by atoms with van der Waals surface area (Å²) in [5.74, 6) is 0.763. The van der Waals surface area contributed by atoms with Crippen molar-refractivity contribution in [3.8, 4) is 11.4 Å². The van der Waals surface area contributed by atoms with Crippen molar-refractivity contribution in [3.63, 3.8) is 0 Å². The summed E-state index contributed by atoms with van der Waals surface area (Å²) in [6.07, 6.45) is 4.20. The Labute approximate surface area is 179 Å². The van der Waals surface area contributed by atoms with Crippen LogP contribution in [-0.2, 0) is 25.8 Å². The molecule has 0 amide bonds. The van der Waals surface area contributed by atoms with Gasteiger partial charge < -0.3 is 4.98 Å². The summed E-state index contributed by atoms with van der Waals surface area (Å²) in [6.45, 7) is 1.88. The van der Waals surface area contributed by atoms with E-state index in [4.69, 9.17) is 39.8 Å². The third-order valence-corrected chi connectivity index (χ3v) is 6.96. The zero-order chi connectivity index (χ0) is 19.3. The molecule has 2 aromatic carbocycles. The molecule has 0 spiro atoms. The fourth-order valence-corrected chi connectivity index (χ4v) is 5.35. The molecule has 0 bridgehead atoms. The van der Waals surface area contributed by atoms with Crippen molar-refractivity contribution in [2.45, 2.75) is 38.3 Å². The average Bonchev–Trinajstić information content (AvgIpc) is 3.10. The van der Waals surface area contributed by atoms with E-state index in [2.05, 4.69) is 22.0 Å². The number of hydrogen-bond donors (Lipinski definition) is 1. The number of aromatic amines is 1. The molecule has 0 saturated carbocycles. The fraction of sp³-hybridized carbons (Fsp3) is 0.318. The van der Waals surface area contributed by atoms with Crippen LogP contribution >= 0.6 is 34.8 Å². The summed E-state index contributed by atoms with van der Waals surface area (Å²) in [4.78, 5) is 10.8. The number of aromatic nitrogens is 2. The van der Waals surface area contributed by atoms with Gasteiger partial charge in [-0.05, 0) is 48.6 Å². The Kier molecular flexibility index (Phi) is 4.88. The van der Waals surface area contributed by atoms with Gasteiger partial charge in [0.25, 0.3) is 0 Å². The van der Waals surface area contributed by atoms with E-state index in [0.29, 0.717) is 16.1 Å². The molecule has 1 aromatic heterocycles. The summed E-state index contributed by atoms with van der Waals surface area (Å²) >= 11 is 19.2. The minimum Gasteiger partial charge on any atom is -0.340 e. The third-order valence-electron chi connectivity index (χ3n) is 5.98. The molecule has 1 aliphatic carbocycles. The maximum Gasteiger partial charge on any atom is 0.140 e. The Morgan fingerprint density at radius 3 is 2.54 bits per heavy atom. The highest BCUT2D eigenvalue weighted by Crippen LogP contribution is 2.35. The second kappa shape index (κ2) is 7.38. The van der Waals surface area contributed by atoms with E-state index in [1.165, 1.54) is 23.2 Å². The van der Waals surface area contributed by atoms with E-state index in [1.54, 1.807) is 0 Å². The van der Waals surface area contributed by atoms with Crippen LogP contribution in [0.25, 0.3) is 11.4 Å². The van der Waals surface area contributed by atoms with Gasteiger partial charge >= 0.3 is 0 Å². The van der Waals surface area contributed by atoms with Crippen LogP contribution in [0.3, 0.4) is 0 Å². The first kappa shape index (κ1) is 18.5. The van der Waals surface area contributed by atoms with Crippen molar-refractivity contribution in [2.75, 3.05) is 6.54 Å². The van der Waals surface area contributed by atoms with Crippen LogP contribution in [-0.4, -0.2) is 27.5 Å². The van der Waals surface area contributed by atoms with Crippen LogP contribution in [0.2, 0.25) is 15.1 Å². The van der Waals surface area contributed by atoms with Crippen molar-refractivity contribution in [1.29, 1.82) is 0 Å². The van der Waals surface area contributed by atoms with Crippen molar-refractivity contribution >= 4 is 34.8 Å². The number of aryl methyl sites for hydroxylation is 1. The molecule has 144 valence electrons. The van der Waals surface area contributed by atoms with Crippen LogP contribution in [0.15, 0.2) is 36.4 Å². The monoisotopic (exact) mass is 431 g/mol. The maximum atomic E-state index is 6.47. The highest BCUT2D eigenvalue weighted by molar-refractivity contribution is 6.39. The quantitative estimate of drug-likeness (QED) is 0.542. The highest BCUT2D eigenvalue weighted by atomic mass is 35.5. The topological polar surface area (TPSA) is 31.9 Å². The standard InChI is InChI=1S/C22H20Cl3N3/c23-16-4-1-3-13-7-8-14(11-15(13)16)28-10-9-19-20(12-28)27-22(26-19)21-17(24)5-2-6-18(21)25/h1-6,14H,7-12H2,(H,26,27). The van der Waals surface area contributed by atoms with Crippen LogP contribution in [0.1, 0.15) is 28.9 Å². The Bertz CT molecular complexity index is 1020. The molecule has 5 rings (SSSR count). The number of halogens is 3. The SMILES string of the molecule is Clc1cccc2c1CC(N1CCc3nc(-c4c(Cl)cccc4Cl)[nH]c3C1)CC2. The number of fused-ring (bicyclic) bond motifs is 2. The van der Waals surface area contributed by atoms with Crippen molar-refractivity contribution in [2.24, 2.45) is 0 Å². The second-order valence-corrected chi connectivity index (χ2v) is 8.82. The molecule has 28 heavy (non-hydrogen) atoms. The van der Waals surface area contributed by atoms with Gasteiger partial charge in [-0.25, -0.2) is 4.98 Å². The highest BCUT2D eigenvalue weighted by Gasteiger charge is 2.30. The lowest BCUT2D eigenvalue weighted by atomic mass is 9.87. The smallest absolute Gasteiger partial charge is 0.140 e. The van der Waals surface area contributed by atoms with Crippen LogP contribution in [0.4, 0.5) is 0 Å². The number of H-pyrrole nitrogens is 1. The number of hydrogen-bond acceptors (Lipinski definition) is 2. The number of nitrogens with one attached hydrogen (secondary N) is 1. The van der Waals surface area contributed by atoms with E-state index < -0.39 is 0 Å². The minimum atomic E-state index is 0.510. The zero-order valence-electron chi connectivity index (χ0n) is 15.3. The third kappa shape index (κ3) is 3.25. The summed E-state index contributed by atoms with van der Waals surface area (Å²) < 4.78 is 0. The molecule has 0 fully saturated rings. The molecule has 0 saturated heterocycles. The molecule has 1 unspecified atom stereocenters. The van der Waals surface area contributed by atoms with E-state index in [-0.39, 0.29) is 0 Å². The molecule has 3 aromatic rings. The Morgan fingerprint density at radius 2 is 1.71 bits per heavy atom. The van der Waals surface area contributed by atoms with Gasteiger partial charge in [-0.3, -0.25) is 4.90 Å². The largest absolute Gasteiger partial charge is 0.340 e. The van der Waals surface area contributed by atoms with Gasteiger partial charge in [0, 0.05) is 30.6 Å². The molecular formula is C22H20Cl3N3. The van der Waals surface area contributed by atoms with Gasteiger partial charge in [-0.2, -0.15) is 0 Å². The maximum absolute atomic E-state index is 6.47. The van der Waals surface area contributed by atoms with Gasteiger partial charge in [0.1, 0.15) is 5.82 Å². The average molecular weight is 433 g/mol. The van der Waals surface area contributed by atoms with Crippen molar-refractivity contribution in [3.05, 3.63) is 74.0 Å². The fourth-order valence-electron chi connectivity index (χ4n) is 4.51. The number of nitrogens with zero attached hydrogens (tertiary/aromatic N) is 2. The number of imidazole rings is 1. The Hall–Kier alpha value is -1.52. The summed E-state index contributed by atoms with van der Waals surface area (Å²) in [7, 11) is 0. The van der Waals surface area contributed by atoms with Gasteiger partial charge in [0.15, 0.2) is 0 Å². The first-order valence-electron chi connectivity index (χ1n) is 9.62. The Morgan fingerprint density at radius 1 is 0.964 bits per heavy atom. The minimum absolute atomic E-state index is 0.510. The predicted molar refractivity (Wildman–Crippen MR) is 115 cm³/mol. The number of benzene rings is 2. The number of rotatable bonds is 2. The lowest BCUT2D eigenvalue weighted by Crippen LogP contribution is -2.42. The summed E-state index contributed by atoms with van der Waals surface area (Å²) in [5, 5.41) is 2.14. The molecule has 2 heterocycles. The lowest BCUT2D eigenvalue weighted by Gasteiger charge is -2.37. The van der Waals surface area contributed by atoms with Gasteiger partial charge in [0.2, 0.25) is 0 Å². The molecule has 1 atom stereocenters. The van der Waals surface area contributed by atoms with Crippen LogP contribution in [0, 0.1) is 0 Å². The van der Waals surface area contributed by atoms with E-state index >= 15 is 0 Å². The van der Waals surface area contributed by atoms with E-state index in [1.807, 2.05) is 24.3 Å². The van der Waals surface area contributed by atoms with E-state index in [0.717, 1.165) is 54.5 Å². The predicted octanol–water partition coefficient (Wildman–Crippen LogP) is 5.95. The zero-order valence-corrected chi connectivity index (χ0v) is 17.6. The van der Waals surface area contributed by atoms with E-state index in [9.17, 15) is 0 Å². The normalized spacial score (nSPS) is 19.3. The molecule has 1 aliphatic heterocycles. The Balaban J connectivity index is 1.39.